The molecule has 0 spiro atoms. The number of fused-ring (bicyclic) bond motifs is 2. The molecule has 3 N–H and O–H groups in total. The van der Waals surface area contributed by atoms with Gasteiger partial charge in [-0.25, -0.2) is 5.43 Å². The predicted octanol–water partition coefficient (Wildman–Crippen LogP) is 2.27. The molecule has 0 radical (unpaired) electrons. The average molecular weight is 380 g/mol. The molecule has 3 aliphatic rings. The van der Waals surface area contributed by atoms with Crippen molar-refractivity contribution in [3.05, 3.63) is 53.9 Å². The molecule has 1 saturated carbocycles. The highest BCUT2D eigenvalue weighted by Crippen LogP contribution is 2.45. The van der Waals surface area contributed by atoms with E-state index in [1.807, 2.05) is 24.0 Å². The second-order valence-corrected chi connectivity index (χ2v) is 8.87. The van der Waals surface area contributed by atoms with Gasteiger partial charge in [0.2, 0.25) is 5.91 Å². The van der Waals surface area contributed by atoms with Gasteiger partial charge in [-0.05, 0) is 42.6 Å². The van der Waals surface area contributed by atoms with Gasteiger partial charge in [0.15, 0.2) is 0 Å². The van der Waals surface area contributed by atoms with E-state index in [0.29, 0.717) is 23.9 Å². The fraction of sp³-hybridized carbons (Fsp3) is 0.545. The smallest absolute Gasteiger partial charge is 0.223 e. The number of hydrogen-bond donors (Lipinski definition) is 3. The van der Waals surface area contributed by atoms with Crippen molar-refractivity contribution < 1.29 is 4.79 Å². The summed E-state index contributed by atoms with van der Waals surface area (Å²) in [5.41, 5.74) is 9.48. The van der Waals surface area contributed by atoms with Crippen LogP contribution < -0.4 is 16.2 Å². The van der Waals surface area contributed by atoms with Crippen LogP contribution in [0.1, 0.15) is 49.3 Å². The molecular formula is C22H29N5O. The second kappa shape index (κ2) is 7.01. The number of aromatic nitrogens is 2. The number of carbonyl (C=O) groups is 1. The van der Waals surface area contributed by atoms with E-state index >= 15 is 0 Å². The molecule has 1 aromatic heterocycles. The normalized spacial score (nSPS) is 35.7. The Kier molecular flexibility index (Phi) is 4.48. The van der Waals surface area contributed by atoms with Gasteiger partial charge in [-0.3, -0.25) is 14.9 Å². The minimum Gasteiger partial charge on any atom is -0.353 e. The van der Waals surface area contributed by atoms with Gasteiger partial charge in [0.05, 0.1) is 12.2 Å². The van der Waals surface area contributed by atoms with Crippen molar-refractivity contribution in [1.29, 1.82) is 0 Å². The van der Waals surface area contributed by atoms with Crippen LogP contribution in [0.3, 0.4) is 0 Å². The molecule has 1 aromatic carbocycles. The zero-order valence-corrected chi connectivity index (χ0v) is 16.5. The molecule has 6 nitrogen and oxygen atoms in total. The highest BCUT2D eigenvalue weighted by Gasteiger charge is 2.49. The summed E-state index contributed by atoms with van der Waals surface area (Å²) in [4.78, 5) is 12.9. The number of nitrogens with one attached hydrogen (secondary N) is 3. The minimum atomic E-state index is 0.0550. The van der Waals surface area contributed by atoms with Gasteiger partial charge < -0.3 is 5.32 Å². The fourth-order valence-corrected chi connectivity index (χ4v) is 5.67. The molecule has 6 heteroatoms. The van der Waals surface area contributed by atoms with Gasteiger partial charge in [-0.15, -0.1) is 0 Å². The number of rotatable bonds is 3. The molecule has 1 aliphatic carbocycles. The summed E-state index contributed by atoms with van der Waals surface area (Å²) >= 11 is 0. The van der Waals surface area contributed by atoms with Crippen LogP contribution in [0.5, 0.6) is 0 Å². The molecule has 7 atom stereocenters. The Labute approximate surface area is 166 Å². The number of piperidine rings is 1. The quantitative estimate of drug-likeness (QED) is 0.765. The molecular weight excluding hydrogens is 350 g/mol. The lowest BCUT2D eigenvalue weighted by Gasteiger charge is -2.45. The first-order valence-electron chi connectivity index (χ1n) is 10.4. The summed E-state index contributed by atoms with van der Waals surface area (Å²) in [5, 5.41) is 7.72. The summed E-state index contributed by atoms with van der Waals surface area (Å²) in [7, 11) is 1.96. The summed E-state index contributed by atoms with van der Waals surface area (Å²) in [5.74, 6) is 1.60. The Morgan fingerprint density at radius 2 is 1.93 bits per heavy atom. The summed E-state index contributed by atoms with van der Waals surface area (Å²) < 4.78 is 1.87. The maximum absolute atomic E-state index is 12.9. The van der Waals surface area contributed by atoms with Crippen LogP contribution in [0.4, 0.5) is 0 Å². The third-order valence-electron chi connectivity index (χ3n) is 7.26. The van der Waals surface area contributed by atoms with Crippen molar-refractivity contribution in [3.8, 4) is 0 Å². The summed E-state index contributed by atoms with van der Waals surface area (Å²) in [6, 6.07) is 11.4. The van der Waals surface area contributed by atoms with E-state index in [2.05, 4.69) is 58.7 Å². The molecule has 2 aromatic rings. The van der Waals surface area contributed by atoms with E-state index in [-0.39, 0.29) is 23.8 Å². The molecule has 1 amide bonds. The molecule has 3 fully saturated rings. The van der Waals surface area contributed by atoms with Crippen LogP contribution in [0.15, 0.2) is 42.7 Å². The van der Waals surface area contributed by atoms with Gasteiger partial charge in [-0.2, -0.15) is 5.10 Å². The van der Waals surface area contributed by atoms with E-state index < -0.39 is 0 Å². The fourth-order valence-electron chi connectivity index (χ4n) is 5.67. The molecule has 5 rings (SSSR count). The van der Waals surface area contributed by atoms with E-state index in [1.54, 1.807) is 0 Å². The molecule has 2 saturated heterocycles. The number of nitrogens with zero attached hydrogens (tertiary/aromatic N) is 2. The maximum Gasteiger partial charge on any atom is 0.223 e. The van der Waals surface area contributed by atoms with Crippen LogP contribution in [0.2, 0.25) is 0 Å². The zero-order chi connectivity index (χ0) is 19.3. The highest BCUT2D eigenvalue weighted by atomic mass is 16.2. The Morgan fingerprint density at radius 1 is 1.11 bits per heavy atom. The standard InChI is InChI=1S/C22H29N5O/c1-13(14-6-4-3-5-7-14)17-8-15-9-18-20(10-19(15)24-22(17)28)25-26-21(18)16-11-23-27(2)12-16/h3-7,11-13,15,17-21,25-26H,8-10H2,1-2H3,(H,24,28). The molecule has 7 unspecified atom stereocenters. The first-order valence-corrected chi connectivity index (χ1v) is 10.4. The number of benzene rings is 1. The van der Waals surface area contributed by atoms with Crippen LogP contribution in [-0.2, 0) is 11.8 Å². The van der Waals surface area contributed by atoms with Crippen molar-refractivity contribution >= 4 is 5.91 Å². The molecule has 0 bridgehead atoms. The third-order valence-corrected chi connectivity index (χ3v) is 7.26. The Balaban J connectivity index is 1.34. The van der Waals surface area contributed by atoms with Crippen molar-refractivity contribution in [2.24, 2.45) is 24.8 Å². The van der Waals surface area contributed by atoms with Gasteiger partial charge in [0.25, 0.3) is 0 Å². The minimum absolute atomic E-state index is 0.0550. The lowest BCUT2D eigenvalue weighted by Crippen LogP contribution is -2.56. The van der Waals surface area contributed by atoms with E-state index in [1.165, 1.54) is 11.1 Å². The van der Waals surface area contributed by atoms with E-state index in [0.717, 1.165) is 19.3 Å². The number of hydrogen-bond acceptors (Lipinski definition) is 4. The molecule has 148 valence electrons. The molecule has 28 heavy (non-hydrogen) atoms. The Hall–Kier alpha value is -2.18. The van der Waals surface area contributed by atoms with Crippen LogP contribution in [0, 0.1) is 17.8 Å². The SMILES string of the molecule is CC(c1ccccc1)C1CC2CC3C(CC2NC1=O)NNC3c1cnn(C)c1. The Morgan fingerprint density at radius 3 is 2.68 bits per heavy atom. The van der Waals surface area contributed by atoms with Gasteiger partial charge in [0, 0.05) is 36.8 Å². The topological polar surface area (TPSA) is 71.0 Å². The van der Waals surface area contributed by atoms with Crippen LogP contribution >= 0.6 is 0 Å². The molecule has 3 heterocycles. The predicted molar refractivity (Wildman–Crippen MR) is 107 cm³/mol. The largest absolute Gasteiger partial charge is 0.353 e. The number of aryl methyl sites for hydroxylation is 1. The van der Waals surface area contributed by atoms with Crippen molar-refractivity contribution in [2.45, 2.75) is 50.2 Å². The lowest BCUT2D eigenvalue weighted by atomic mass is 9.66. The van der Waals surface area contributed by atoms with Gasteiger partial charge in [0.1, 0.15) is 0 Å². The third kappa shape index (κ3) is 3.05. The zero-order valence-electron chi connectivity index (χ0n) is 16.5. The summed E-state index contributed by atoms with van der Waals surface area (Å²) in [6.45, 7) is 2.20. The Bertz CT molecular complexity index is 850. The second-order valence-electron chi connectivity index (χ2n) is 8.87. The first kappa shape index (κ1) is 17.9. The van der Waals surface area contributed by atoms with E-state index in [9.17, 15) is 4.79 Å². The highest BCUT2D eigenvalue weighted by molar-refractivity contribution is 5.81. The van der Waals surface area contributed by atoms with E-state index in [4.69, 9.17) is 0 Å². The first-order chi connectivity index (χ1) is 13.6. The number of amides is 1. The number of hydrazine groups is 1. The van der Waals surface area contributed by atoms with Crippen molar-refractivity contribution in [1.82, 2.24) is 25.9 Å². The monoisotopic (exact) mass is 379 g/mol. The average Bonchev–Trinajstić information content (AvgIpc) is 3.31. The van der Waals surface area contributed by atoms with Crippen molar-refractivity contribution in [2.75, 3.05) is 0 Å². The summed E-state index contributed by atoms with van der Waals surface area (Å²) in [6.07, 6.45) is 7.19. The lowest BCUT2D eigenvalue weighted by molar-refractivity contribution is -0.131. The van der Waals surface area contributed by atoms with Crippen molar-refractivity contribution in [3.63, 3.8) is 0 Å². The van der Waals surface area contributed by atoms with Gasteiger partial charge in [-0.1, -0.05) is 37.3 Å². The number of carbonyl (C=O) groups excluding carboxylic acids is 1. The molecule has 2 aliphatic heterocycles. The van der Waals surface area contributed by atoms with Crippen LogP contribution in [0.25, 0.3) is 0 Å². The van der Waals surface area contributed by atoms with Crippen LogP contribution in [-0.4, -0.2) is 27.8 Å². The maximum atomic E-state index is 12.9. The van der Waals surface area contributed by atoms with Gasteiger partial charge >= 0.3 is 0 Å².